The van der Waals surface area contributed by atoms with Gasteiger partial charge in [0.05, 0.1) is 10.9 Å². The molecule has 1 N–H and O–H groups in total. The molecule has 1 aromatic carbocycles. The summed E-state index contributed by atoms with van der Waals surface area (Å²) < 4.78 is 44.3. The van der Waals surface area contributed by atoms with Gasteiger partial charge in [-0.05, 0) is 62.5 Å². The van der Waals surface area contributed by atoms with Gasteiger partial charge in [-0.2, -0.15) is 0 Å². The minimum absolute atomic E-state index is 0.0321. The van der Waals surface area contributed by atoms with Gasteiger partial charge in [0.25, 0.3) is 0 Å². The second kappa shape index (κ2) is 6.43. The molecule has 3 fully saturated rings. The highest BCUT2D eigenvalue weighted by atomic mass is 35.5. The van der Waals surface area contributed by atoms with Gasteiger partial charge < -0.3 is 5.32 Å². The summed E-state index contributed by atoms with van der Waals surface area (Å²) in [4.78, 5) is 13.2. The van der Waals surface area contributed by atoms with Crippen LogP contribution in [0.4, 0.5) is 13.2 Å². The van der Waals surface area contributed by atoms with E-state index in [0.717, 1.165) is 37.8 Å². The van der Waals surface area contributed by atoms with Gasteiger partial charge in [-0.3, -0.25) is 4.79 Å². The van der Waals surface area contributed by atoms with Crippen LogP contribution in [-0.2, 0) is 4.79 Å². The Bertz CT molecular complexity index is 724. The number of hydrogen-bond donors (Lipinski definition) is 1. The van der Waals surface area contributed by atoms with Crippen LogP contribution in [0, 0.1) is 17.0 Å². The van der Waals surface area contributed by atoms with Crippen molar-refractivity contribution in [3.8, 4) is 0 Å². The summed E-state index contributed by atoms with van der Waals surface area (Å²) in [7, 11) is 0. The predicted octanol–water partition coefficient (Wildman–Crippen LogP) is 5.43. The largest absolute Gasteiger partial charge is 0.353 e. The Balaban J connectivity index is 1.75. The molecule has 26 heavy (non-hydrogen) atoms. The van der Waals surface area contributed by atoms with E-state index in [-0.39, 0.29) is 29.0 Å². The molecule has 0 saturated heterocycles. The monoisotopic (exact) mass is 385 g/mol. The van der Waals surface area contributed by atoms with Crippen molar-refractivity contribution in [2.45, 2.75) is 75.4 Å². The van der Waals surface area contributed by atoms with E-state index in [1.54, 1.807) is 0 Å². The third-order valence-electron chi connectivity index (χ3n) is 6.75. The van der Waals surface area contributed by atoms with Crippen molar-refractivity contribution in [2.75, 3.05) is 0 Å². The molecule has 4 rings (SSSR count). The lowest BCUT2D eigenvalue weighted by Gasteiger charge is -2.36. The van der Waals surface area contributed by atoms with Crippen molar-refractivity contribution in [1.82, 2.24) is 5.32 Å². The zero-order chi connectivity index (χ0) is 18.5. The molecule has 1 atom stereocenters. The number of hydrogen-bond acceptors (Lipinski definition) is 1. The molecule has 1 amide bonds. The van der Waals surface area contributed by atoms with Crippen LogP contribution >= 0.6 is 11.6 Å². The Morgan fingerprint density at radius 3 is 2.38 bits per heavy atom. The Labute approximate surface area is 156 Å². The van der Waals surface area contributed by atoms with Crippen molar-refractivity contribution in [1.29, 1.82) is 0 Å². The maximum atomic E-state index is 14.8. The first-order valence-corrected chi connectivity index (χ1v) is 9.84. The van der Waals surface area contributed by atoms with Crippen molar-refractivity contribution >= 4 is 17.5 Å². The van der Waals surface area contributed by atoms with Gasteiger partial charge in [0.2, 0.25) is 5.91 Å². The molecule has 1 unspecified atom stereocenters. The van der Waals surface area contributed by atoms with E-state index >= 15 is 0 Å². The lowest BCUT2D eigenvalue weighted by atomic mass is 9.69. The summed E-state index contributed by atoms with van der Waals surface area (Å²) in [6, 6.07) is 2.28. The van der Waals surface area contributed by atoms with Gasteiger partial charge in [-0.25, -0.2) is 13.2 Å². The van der Waals surface area contributed by atoms with Gasteiger partial charge in [-0.15, -0.1) is 0 Å². The van der Waals surface area contributed by atoms with E-state index in [1.807, 2.05) is 0 Å². The van der Waals surface area contributed by atoms with Crippen LogP contribution in [0.25, 0.3) is 0 Å². The highest BCUT2D eigenvalue weighted by Crippen LogP contribution is 2.64. The van der Waals surface area contributed by atoms with Gasteiger partial charge >= 0.3 is 0 Å². The maximum Gasteiger partial charge on any atom is 0.228 e. The van der Waals surface area contributed by atoms with Crippen LogP contribution in [-0.4, -0.2) is 17.6 Å². The number of fused-ring (bicyclic) bond motifs is 2. The molecule has 142 valence electrons. The zero-order valence-corrected chi connectivity index (χ0v) is 15.3. The number of benzene rings is 1. The Hall–Kier alpha value is -1.23. The number of alkyl halides is 1. The highest BCUT2D eigenvalue weighted by molar-refractivity contribution is 6.30. The van der Waals surface area contributed by atoms with Crippen molar-refractivity contribution in [2.24, 2.45) is 5.41 Å². The lowest BCUT2D eigenvalue weighted by Crippen LogP contribution is -2.43. The summed E-state index contributed by atoms with van der Waals surface area (Å²) in [5.41, 5.74) is -2.33. The molecule has 0 aliphatic heterocycles. The molecule has 3 saturated carbocycles. The maximum absolute atomic E-state index is 14.8. The molecule has 6 heteroatoms. The molecule has 0 spiro atoms. The fraction of sp³-hybridized carbons (Fsp3) is 0.650. The summed E-state index contributed by atoms with van der Waals surface area (Å²) in [6.45, 7) is 0. The third-order valence-corrected chi connectivity index (χ3v) is 7.05. The summed E-state index contributed by atoms with van der Waals surface area (Å²) in [5, 5.41) is 2.77. The third kappa shape index (κ3) is 2.92. The van der Waals surface area contributed by atoms with E-state index < -0.39 is 28.6 Å². The normalized spacial score (nSPS) is 32.2. The average molecular weight is 386 g/mol. The summed E-state index contributed by atoms with van der Waals surface area (Å²) >= 11 is 5.89. The molecule has 0 radical (unpaired) electrons. The fourth-order valence-electron chi connectivity index (χ4n) is 5.45. The van der Waals surface area contributed by atoms with Gasteiger partial charge in [-0.1, -0.05) is 24.4 Å². The number of carbonyl (C=O) groups excluding carboxylic acids is 1. The van der Waals surface area contributed by atoms with Crippen LogP contribution < -0.4 is 5.32 Å². The van der Waals surface area contributed by atoms with E-state index in [1.165, 1.54) is 0 Å². The SMILES string of the molecule is O=C(NC1CCCC1)C(c1c(F)ccc(Cl)c1F)C12CCC(F)(CC1)C2. The van der Waals surface area contributed by atoms with E-state index in [0.29, 0.717) is 25.7 Å². The van der Waals surface area contributed by atoms with E-state index in [2.05, 4.69) is 5.32 Å². The fourth-order valence-corrected chi connectivity index (χ4v) is 5.61. The number of rotatable bonds is 4. The van der Waals surface area contributed by atoms with Crippen LogP contribution in [0.1, 0.15) is 69.3 Å². The number of carbonyl (C=O) groups is 1. The summed E-state index contributed by atoms with van der Waals surface area (Å²) in [6.07, 6.45) is 5.65. The Kier molecular flexibility index (Phi) is 4.49. The van der Waals surface area contributed by atoms with Crippen molar-refractivity contribution in [3.63, 3.8) is 0 Å². The molecule has 1 aromatic rings. The number of amides is 1. The molecule has 0 heterocycles. The molecular formula is C20H23ClF3NO. The smallest absolute Gasteiger partial charge is 0.228 e. The van der Waals surface area contributed by atoms with Crippen LogP contribution in [0.5, 0.6) is 0 Å². The standard InChI is InChI=1S/C20H23ClF3NO/c21-13-5-6-14(22)15(17(13)23)16(18(26)25-12-3-1-2-4-12)19-7-9-20(24,11-19)10-8-19/h5-6,12,16H,1-4,7-11H2,(H,25,26). The summed E-state index contributed by atoms with van der Waals surface area (Å²) in [5.74, 6) is -3.10. The minimum Gasteiger partial charge on any atom is -0.353 e. The average Bonchev–Trinajstić information content (AvgIpc) is 3.30. The van der Waals surface area contributed by atoms with Crippen molar-refractivity contribution < 1.29 is 18.0 Å². The topological polar surface area (TPSA) is 29.1 Å². The number of nitrogens with one attached hydrogen (secondary N) is 1. The predicted molar refractivity (Wildman–Crippen MR) is 93.9 cm³/mol. The molecule has 2 bridgehead atoms. The molecule has 3 aliphatic carbocycles. The second-order valence-electron chi connectivity index (χ2n) is 8.37. The second-order valence-corrected chi connectivity index (χ2v) is 8.78. The molecule has 0 aromatic heterocycles. The minimum atomic E-state index is -1.31. The van der Waals surface area contributed by atoms with Gasteiger partial charge in [0.15, 0.2) is 0 Å². The van der Waals surface area contributed by atoms with Crippen LogP contribution in [0.15, 0.2) is 12.1 Å². The van der Waals surface area contributed by atoms with E-state index in [9.17, 15) is 18.0 Å². The highest BCUT2D eigenvalue weighted by Gasteiger charge is 2.60. The van der Waals surface area contributed by atoms with E-state index in [4.69, 9.17) is 11.6 Å². The Morgan fingerprint density at radius 2 is 1.81 bits per heavy atom. The van der Waals surface area contributed by atoms with Crippen LogP contribution in [0.3, 0.4) is 0 Å². The van der Waals surface area contributed by atoms with Crippen LogP contribution in [0.2, 0.25) is 5.02 Å². The Morgan fingerprint density at radius 1 is 1.15 bits per heavy atom. The van der Waals surface area contributed by atoms with Gasteiger partial charge in [0, 0.05) is 11.6 Å². The molecule has 2 nitrogen and oxygen atoms in total. The first-order valence-electron chi connectivity index (χ1n) is 9.46. The zero-order valence-electron chi connectivity index (χ0n) is 14.6. The van der Waals surface area contributed by atoms with Gasteiger partial charge in [0.1, 0.15) is 17.3 Å². The lowest BCUT2D eigenvalue weighted by molar-refractivity contribution is -0.126. The molecule has 3 aliphatic rings. The quantitative estimate of drug-likeness (QED) is 0.687. The van der Waals surface area contributed by atoms with Crippen molar-refractivity contribution in [3.05, 3.63) is 34.4 Å². The first-order chi connectivity index (χ1) is 12.3. The molecular weight excluding hydrogens is 363 g/mol. The number of halogens is 4. The first kappa shape index (κ1) is 18.1.